The zero-order chi connectivity index (χ0) is 22.8. The van der Waals surface area contributed by atoms with E-state index >= 15 is 0 Å². The number of primary amides is 1. The molecule has 0 aliphatic carbocycles. The fourth-order valence-corrected chi connectivity index (χ4v) is 3.62. The Kier molecular flexibility index (Phi) is 6.15. The summed E-state index contributed by atoms with van der Waals surface area (Å²) in [4.78, 5) is 32.2. The van der Waals surface area contributed by atoms with Crippen molar-refractivity contribution in [2.75, 3.05) is 19.1 Å². The molecule has 0 aliphatic rings. The van der Waals surface area contributed by atoms with Gasteiger partial charge in [-0.1, -0.05) is 39.0 Å². The summed E-state index contributed by atoms with van der Waals surface area (Å²) in [6, 6.07) is 13.4. The van der Waals surface area contributed by atoms with Crippen LogP contribution in [0.5, 0.6) is 11.5 Å². The molecule has 3 rings (SSSR count). The van der Waals surface area contributed by atoms with Crippen molar-refractivity contribution in [3.63, 3.8) is 0 Å². The van der Waals surface area contributed by atoms with E-state index in [0.717, 1.165) is 10.9 Å². The first-order valence-electron chi connectivity index (χ1n) is 9.87. The van der Waals surface area contributed by atoms with Crippen LogP contribution < -0.4 is 20.1 Å². The lowest BCUT2D eigenvalue weighted by molar-refractivity contribution is -0.121. The number of anilines is 1. The van der Waals surface area contributed by atoms with Gasteiger partial charge in [-0.15, -0.1) is 0 Å². The number of hydrogen-bond donors (Lipinski definition) is 1. The van der Waals surface area contributed by atoms with E-state index in [1.54, 1.807) is 24.4 Å². The SMILES string of the molecule is COc1ccc(C(=O)N(c2cnc3ccccc3c2)C(C(N)=O)C(C)(C)C)cc1OC. The van der Waals surface area contributed by atoms with Gasteiger partial charge >= 0.3 is 0 Å². The van der Waals surface area contributed by atoms with E-state index in [2.05, 4.69) is 4.98 Å². The summed E-state index contributed by atoms with van der Waals surface area (Å²) in [5.74, 6) is -0.0807. The molecule has 0 bridgehead atoms. The largest absolute Gasteiger partial charge is 0.493 e. The minimum atomic E-state index is -0.906. The van der Waals surface area contributed by atoms with Gasteiger partial charge in [-0.25, -0.2) is 0 Å². The lowest BCUT2D eigenvalue weighted by atomic mass is 9.84. The van der Waals surface area contributed by atoms with Crippen molar-refractivity contribution >= 4 is 28.4 Å². The Labute approximate surface area is 181 Å². The zero-order valence-corrected chi connectivity index (χ0v) is 18.4. The molecule has 7 nitrogen and oxygen atoms in total. The van der Waals surface area contributed by atoms with Crippen LogP contribution in [0, 0.1) is 5.41 Å². The molecule has 1 aromatic heterocycles. The summed E-state index contributed by atoms with van der Waals surface area (Å²) < 4.78 is 10.6. The predicted octanol–water partition coefficient (Wildman–Crippen LogP) is 3.80. The molecule has 0 aliphatic heterocycles. The molecule has 1 heterocycles. The van der Waals surface area contributed by atoms with Gasteiger partial charge in [0.25, 0.3) is 5.91 Å². The molecule has 2 amide bonds. The minimum Gasteiger partial charge on any atom is -0.493 e. The maximum Gasteiger partial charge on any atom is 0.259 e. The summed E-state index contributed by atoms with van der Waals surface area (Å²) in [5, 5.41) is 0.849. The number of benzene rings is 2. The number of pyridine rings is 1. The average molecular weight is 421 g/mol. The van der Waals surface area contributed by atoms with Crippen molar-refractivity contribution in [2.45, 2.75) is 26.8 Å². The molecular formula is C24H27N3O4. The first-order chi connectivity index (χ1) is 14.7. The maximum absolute atomic E-state index is 13.7. The Morgan fingerprint density at radius 2 is 1.68 bits per heavy atom. The maximum atomic E-state index is 13.7. The standard InChI is InChI=1S/C24H27N3O4/c1-24(2,3)21(22(25)28)27(17-12-15-8-6-7-9-18(15)26-14-17)23(29)16-10-11-19(30-4)20(13-16)31-5/h6-14,21H,1-5H3,(H2,25,28). The quantitative estimate of drug-likeness (QED) is 0.653. The molecular weight excluding hydrogens is 394 g/mol. The van der Waals surface area contributed by atoms with E-state index < -0.39 is 23.3 Å². The van der Waals surface area contributed by atoms with Crippen molar-refractivity contribution in [1.29, 1.82) is 0 Å². The molecule has 0 radical (unpaired) electrons. The van der Waals surface area contributed by atoms with Crippen LogP contribution >= 0.6 is 0 Å². The number of para-hydroxylation sites is 1. The summed E-state index contributed by atoms with van der Waals surface area (Å²) in [6.45, 7) is 5.60. The molecule has 1 unspecified atom stereocenters. The number of ether oxygens (including phenoxy) is 2. The van der Waals surface area contributed by atoms with Crippen LogP contribution in [0.1, 0.15) is 31.1 Å². The average Bonchev–Trinajstić information content (AvgIpc) is 2.74. The Bertz CT molecular complexity index is 1120. The van der Waals surface area contributed by atoms with E-state index in [1.165, 1.54) is 19.1 Å². The molecule has 0 saturated heterocycles. The highest BCUT2D eigenvalue weighted by Gasteiger charge is 2.39. The fourth-order valence-electron chi connectivity index (χ4n) is 3.62. The van der Waals surface area contributed by atoms with Crippen molar-refractivity contribution in [3.05, 3.63) is 60.3 Å². The Morgan fingerprint density at radius 1 is 1.00 bits per heavy atom. The summed E-state index contributed by atoms with van der Waals surface area (Å²) in [5.41, 5.74) is 6.78. The van der Waals surface area contributed by atoms with Gasteiger partial charge in [-0.3, -0.25) is 19.5 Å². The van der Waals surface area contributed by atoms with E-state index in [4.69, 9.17) is 15.2 Å². The van der Waals surface area contributed by atoms with Gasteiger partial charge in [0.2, 0.25) is 5.91 Å². The summed E-state index contributed by atoms with van der Waals surface area (Å²) in [6.07, 6.45) is 1.59. The lowest BCUT2D eigenvalue weighted by Gasteiger charge is -2.38. The molecule has 3 aromatic rings. The van der Waals surface area contributed by atoms with Gasteiger partial charge in [-0.2, -0.15) is 0 Å². The summed E-state index contributed by atoms with van der Waals surface area (Å²) in [7, 11) is 3.02. The third-order valence-electron chi connectivity index (χ3n) is 5.05. The smallest absolute Gasteiger partial charge is 0.259 e. The topological polar surface area (TPSA) is 94.8 Å². The van der Waals surface area contributed by atoms with Gasteiger partial charge in [0, 0.05) is 10.9 Å². The second kappa shape index (κ2) is 8.63. The molecule has 1 atom stereocenters. The number of carbonyl (C=O) groups is 2. The van der Waals surface area contributed by atoms with Crippen LogP contribution in [0.15, 0.2) is 54.7 Å². The highest BCUT2D eigenvalue weighted by molar-refractivity contribution is 6.10. The fraction of sp³-hybridized carbons (Fsp3) is 0.292. The van der Waals surface area contributed by atoms with Crippen LogP contribution in [0.3, 0.4) is 0 Å². The van der Waals surface area contributed by atoms with Crippen LogP contribution in [0.4, 0.5) is 5.69 Å². The number of methoxy groups -OCH3 is 2. The van der Waals surface area contributed by atoms with Gasteiger partial charge in [0.1, 0.15) is 6.04 Å². The van der Waals surface area contributed by atoms with Crippen molar-refractivity contribution in [1.82, 2.24) is 4.98 Å². The normalized spacial score (nSPS) is 12.3. The van der Waals surface area contributed by atoms with Crippen LogP contribution in [0.25, 0.3) is 10.9 Å². The number of nitrogens with zero attached hydrogens (tertiary/aromatic N) is 2. The van der Waals surface area contributed by atoms with Crippen molar-refractivity contribution < 1.29 is 19.1 Å². The van der Waals surface area contributed by atoms with Crippen LogP contribution in [-0.2, 0) is 4.79 Å². The highest BCUT2D eigenvalue weighted by Crippen LogP contribution is 2.33. The van der Waals surface area contributed by atoms with Crippen LogP contribution in [-0.4, -0.2) is 37.1 Å². The zero-order valence-electron chi connectivity index (χ0n) is 18.4. The molecule has 31 heavy (non-hydrogen) atoms. The van der Waals surface area contributed by atoms with Crippen molar-refractivity contribution in [2.24, 2.45) is 11.1 Å². The Morgan fingerprint density at radius 3 is 2.29 bits per heavy atom. The number of rotatable bonds is 6. The van der Waals surface area contributed by atoms with Gasteiger partial charge < -0.3 is 15.2 Å². The number of aromatic nitrogens is 1. The first-order valence-corrected chi connectivity index (χ1v) is 9.87. The van der Waals surface area contributed by atoms with Gasteiger partial charge in [-0.05, 0) is 35.7 Å². The molecule has 2 N–H and O–H groups in total. The lowest BCUT2D eigenvalue weighted by Crippen LogP contribution is -2.55. The number of fused-ring (bicyclic) bond motifs is 1. The molecule has 2 aromatic carbocycles. The third-order valence-corrected chi connectivity index (χ3v) is 5.05. The number of nitrogens with two attached hydrogens (primary N) is 1. The Hall–Kier alpha value is -3.61. The molecule has 7 heteroatoms. The summed E-state index contributed by atoms with van der Waals surface area (Å²) >= 11 is 0. The number of hydrogen-bond acceptors (Lipinski definition) is 5. The predicted molar refractivity (Wildman–Crippen MR) is 121 cm³/mol. The van der Waals surface area contributed by atoms with Gasteiger partial charge in [0.15, 0.2) is 11.5 Å². The number of carbonyl (C=O) groups excluding carboxylic acids is 2. The minimum absolute atomic E-state index is 0.335. The van der Waals surface area contributed by atoms with Crippen LogP contribution in [0.2, 0.25) is 0 Å². The van der Waals surface area contributed by atoms with E-state index in [9.17, 15) is 9.59 Å². The highest BCUT2D eigenvalue weighted by atomic mass is 16.5. The first kappa shape index (κ1) is 22.1. The Balaban J connectivity index is 2.19. The van der Waals surface area contributed by atoms with Gasteiger partial charge in [0.05, 0.1) is 31.6 Å². The molecule has 0 fully saturated rings. The molecule has 162 valence electrons. The van der Waals surface area contributed by atoms with Crippen molar-refractivity contribution in [3.8, 4) is 11.5 Å². The molecule has 0 spiro atoms. The van der Waals surface area contributed by atoms with E-state index in [-0.39, 0.29) is 0 Å². The third kappa shape index (κ3) is 4.45. The monoisotopic (exact) mass is 421 g/mol. The van der Waals surface area contributed by atoms with E-state index in [1.807, 2.05) is 51.1 Å². The number of amides is 2. The van der Waals surface area contributed by atoms with E-state index in [0.29, 0.717) is 22.7 Å². The molecule has 0 saturated carbocycles. The second-order valence-electron chi connectivity index (χ2n) is 8.30. The second-order valence-corrected chi connectivity index (χ2v) is 8.30.